The minimum Gasteiger partial charge on any atom is -0.497 e. The fraction of sp³-hybridized carbons (Fsp3) is 0.125. The number of nitrogens with one attached hydrogen (secondary N) is 4. The lowest BCUT2D eigenvalue weighted by molar-refractivity contribution is -0.121. The monoisotopic (exact) mass is 1850 g/mol. The van der Waals surface area contributed by atoms with Crippen LogP contribution in [0.5, 0.6) is 11.5 Å². The van der Waals surface area contributed by atoms with Crippen molar-refractivity contribution in [2.24, 2.45) is 0 Å². The topological polar surface area (TPSA) is 250 Å². The third-order valence-electron chi connectivity index (χ3n) is 19.1. The van der Waals surface area contributed by atoms with Gasteiger partial charge in [0.1, 0.15) is 58.6 Å². The molecule has 5 heterocycles. The van der Waals surface area contributed by atoms with E-state index in [1.54, 1.807) is 93.2 Å². The van der Waals surface area contributed by atoms with Crippen LogP contribution in [-0.2, 0) is 49.0 Å². The van der Waals surface area contributed by atoms with Crippen molar-refractivity contribution in [2.75, 3.05) is 47.2 Å². The number of carbonyl (C=O) groups excluding carboxylic acids is 2. The minimum atomic E-state index is -3.94. The molecule has 2 radical (unpaired) electrons. The summed E-state index contributed by atoms with van der Waals surface area (Å²) in [5.74, 6) is 2.03. The third kappa shape index (κ3) is 26.8. The predicted octanol–water partition coefficient (Wildman–Crippen LogP) is 23.8. The number of hydrogen-bond acceptors (Lipinski definition) is 16. The van der Waals surface area contributed by atoms with Gasteiger partial charge in [0.25, 0.3) is 31.9 Å². The van der Waals surface area contributed by atoms with Crippen molar-refractivity contribution in [2.45, 2.75) is 62.9 Å². The maximum Gasteiger partial charge on any atom is 0.263 e. The van der Waals surface area contributed by atoms with Crippen LogP contribution in [0.15, 0.2) is 337 Å². The van der Waals surface area contributed by atoms with Gasteiger partial charge in [-0.25, -0.2) is 40.0 Å². The van der Waals surface area contributed by atoms with E-state index in [4.69, 9.17) is 47.6 Å². The van der Waals surface area contributed by atoms with Gasteiger partial charge in [-0.05, 0) is 211 Å². The zero-order valence-corrected chi connectivity index (χ0v) is 75.8. The molecule has 654 valence electrons. The number of benzene rings is 11. The number of halogens is 5. The standard InChI is InChI=1S/C26H23Cl2N3O.C26H25N3O3.C22H18FN3O3S.C21H19N3O2S2.CH3FS.BFS/c1-2-3-4-18-5-7-20(8-6-18)26(32)29-25-17-24(19-9-11-21(27)12-10-19)30-31(25)23-15-13-22(28)14-16-23;1-19-8-6-7-11-24(19)29-25(16-23(28-29)21-12-14-22(31-2)15-13-21)27-26(30)18-32-17-20-9-4-3-5-10-20;1-29-17-11-13-18(14-12-17)30(27,28)25-22-15-20(16-7-3-2-4-8-16)24-26(22)21-10-6-5-9-19(21)23;1-2-16-10-12-18(13-11-16)28(25,26)23-21-15-19(20-9-6-14-27-20)22-24(21)17-7-4-3-5-8-17;2*1-3-2/h5-17H,2-4H2,1H3,(H,29,32);3-16H,17-18H2,1-2H3,(H,27,30);2-15,25H,1H3;3-15,23H,2H2,1H3;1H3;. The average molecular weight is 1850 g/mol. The molecule has 0 fully saturated rings. The second kappa shape index (κ2) is 47.6. The van der Waals surface area contributed by atoms with Gasteiger partial charge >= 0.3 is 0 Å². The van der Waals surface area contributed by atoms with Crippen molar-refractivity contribution in [3.63, 3.8) is 0 Å². The van der Waals surface area contributed by atoms with Crippen LogP contribution in [0.1, 0.15) is 59.3 Å². The molecule has 0 unspecified atom stereocenters. The summed E-state index contributed by atoms with van der Waals surface area (Å²) in [7, 11) is -0.440. The molecule has 0 aliphatic heterocycles. The van der Waals surface area contributed by atoms with Gasteiger partial charge in [0.2, 0.25) is 7.12 Å². The highest BCUT2D eigenvalue weighted by molar-refractivity contribution is 8.15. The zero-order valence-electron chi connectivity index (χ0n) is 70.2. The van der Waals surface area contributed by atoms with Crippen molar-refractivity contribution >= 4 is 121 Å². The van der Waals surface area contributed by atoms with Crippen molar-refractivity contribution in [1.82, 2.24) is 39.1 Å². The van der Waals surface area contributed by atoms with E-state index < -0.39 is 25.9 Å². The maximum atomic E-state index is 14.5. The Kier molecular flexibility index (Phi) is 35.6. The number of aromatic nitrogens is 8. The van der Waals surface area contributed by atoms with Gasteiger partial charge in [0.05, 0.1) is 69.6 Å². The van der Waals surface area contributed by atoms with Crippen molar-refractivity contribution in [3.05, 3.63) is 371 Å². The second-order valence-corrected chi connectivity index (χ2v) is 33.5. The Bertz CT molecular complexity index is 6460. The van der Waals surface area contributed by atoms with E-state index in [1.807, 2.05) is 256 Å². The molecule has 0 bridgehead atoms. The van der Waals surface area contributed by atoms with Gasteiger partial charge in [0, 0.05) is 75.0 Å². The molecule has 2 amide bonds. The number of anilines is 4. The summed E-state index contributed by atoms with van der Waals surface area (Å²) >= 11 is 13.6. The number of para-hydroxylation sites is 3. The SMILES string of the molecule is CCCCc1ccc(C(=O)Nc2cc(-c3ccc(Cl)cc3)nn2-c2ccc(Cl)cc2)cc1.CCc1ccc(S(=O)(=O)Nc2cc(-c3cccs3)nn2-c2ccccc2)cc1.COc1ccc(-c2cc(NC(=O)COCc3ccccc3)n(-c3ccccc3C)n2)cc1.COc1ccc(S(=O)(=O)Nc2cc(-c3ccccc3)nn2-c2ccccc2F)cc1.CSF.[B]SF. The lowest BCUT2D eigenvalue weighted by Gasteiger charge is -2.11. The number of amides is 2. The lowest BCUT2D eigenvalue weighted by atomic mass is 10.1. The fourth-order valence-electron chi connectivity index (χ4n) is 12.6. The Morgan fingerprint density at radius 2 is 0.906 bits per heavy atom. The fourth-order valence-corrected chi connectivity index (χ4v) is 15.6. The van der Waals surface area contributed by atoms with E-state index in [2.05, 4.69) is 44.3 Å². The summed E-state index contributed by atoms with van der Waals surface area (Å²) in [4.78, 5) is 26.8. The first kappa shape index (κ1) is 95.7. The molecule has 128 heavy (non-hydrogen) atoms. The zero-order chi connectivity index (χ0) is 91.0. The highest BCUT2D eigenvalue weighted by atomic mass is 35.5. The van der Waals surface area contributed by atoms with Crippen LogP contribution >= 0.6 is 58.7 Å². The first-order valence-corrected chi connectivity index (χ1v) is 46.3. The van der Waals surface area contributed by atoms with Gasteiger partial charge in [-0.2, -0.15) is 28.2 Å². The molecule has 0 saturated heterocycles. The molecule has 0 spiro atoms. The molecule has 5 aromatic heterocycles. The number of ether oxygens (including phenoxy) is 3. The molecule has 21 nitrogen and oxygen atoms in total. The number of aryl methyl sites for hydroxylation is 3. The highest BCUT2D eigenvalue weighted by Crippen LogP contribution is 2.34. The molecule has 0 aliphatic rings. The largest absolute Gasteiger partial charge is 0.497 e. The van der Waals surface area contributed by atoms with E-state index in [1.165, 1.54) is 47.9 Å². The first-order valence-electron chi connectivity index (χ1n) is 39.8. The molecule has 0 saturated carbocycles. The first-order chi connectivity index (χ1) is 62.0. The molecular weight excluding hydrogens is 1760 g/mol. The summed E-state index contributed by atoms with van der Waals surface area (Å²) < 4.78 is 114. The Hall–Kier alpha value is -12.9. The third-order valence-corrected chi connectivity index (χ3v) is 23.2. The molecule has 16 aromatic rings. The summed E-state index contributed by atoms with van der Waals surface area (Å²) in [5.41, 5.74) is 12.9. The van der Waals surface area contributed by atoms with Crippen LogP contribution in [0.25, 0.3) is 67.1 Å². The van der Waals surface area contributed by atoms with Gasteiger partial charge in [-0.3, -0.25) is 19.0 Å². The van der Waals surface area contributed by atoms with Gasteiger partial charge < -0.3 is 24.8 Å². The highest BCUT2D eigenvalue weighted by Gasteiger charge is 2.24. The quantitative estimate of drug-likeness (QED) is 0.0350. The molecule has 16 rings (SSSR count). The van der Waals surface area contributed by atoms with Crippen molar-refractivity contribution in [1.29, 1.82) is 0 Å². The van der Waals surface area contributed by atoms with Crippen LogP contribution in [-0.4, -0.2) is 102 Å². The predicted molar refractivity (Wildman–Crippen MR) is 512 cm³/mol. The number of thiophene rings is 1. The number of methoxy groups -OCH3 is 2. The number of rotatable bonds is 27. The summed E-state index contributed by atoms with van der Waals surface area (Å²) in [6.45, 7) is 6.54. The molecular formula is C96H88BCl2F3N12O9S5. The number of hydrogen-bond donors (Lipinski definition) is 4. The van der Waals surface area contributed by atoms with E-state index in [-0.39, 0.29) is 63.9 Å². The van der Waals surface area contributed by atoms with Crippen LogP contribution in [0.3, 0.4) is 0 Å². The molecule has 32 heteroatoms. The van der Waals surface area contributed by atoms with E-state index in [9.17, 15) is 38.6 Å². The Morgan fingerprint density at radius 1 is 0.477 bits per heavy atom. The van der Waals surface area contributed by atoms with E-state index in [0.717, 1.165) is 104 Å². The Morgan fingerprint density at radius 3 is 1.45 bits per heavy atom. The molecule has 4 N–H and O–H groups in total. The lowest BCUT2D eigenvalue weighted by Crippen LogP contribution is -2.20. The molecule has 0 atom stereocenters. The Labute approximate surface area is 766 Å². The summed E-state index contributed by atoms with van der Waals surface area (Å²) in [6.07, 6.45) is 5.54. The van der Waals surface area contributed by atoms with Crippen LogP contribution < -0.4 is 29.6 Å². The van der Waals surface area contributed by atoms with Gasteiger partial charge in [-0.1, -0.05) is 195 Å². The van der Waals surface area contributed by atoms with Crippen molar-refractivity contribution in [3.8, 4) is 78.6 Å². The maximum absolute atomic E-state index is 14.5. The average Bonchev–Trinajstić information content (AvgIpc) is 1.64. The number of carbonyl (C=O) groups is 2. The van der Waals surface area contributed by atoms with E-state index >= 15 is 0 Å². The molecule has 11 aromatic carbocycles. The van der Waals surface area contributed by atoms with Gasteiger partial charge in [0.15, 0.2) is 0 Å². The molecule has 0 aliphatic carbocycles. The number of sulfonamides is 2. The van der Waals surface area contributed by atoms with Crippen molar-refractivity contribution < 1.29 is 52.8 Å². The van der Waals surface area contributed by atoms with Crippen LogP contribution in [0.2, 0.25) is 10.0 Å². The van der Waals surface area contributed by atoms with Crippen LogP contribution in [0.4, 0.5) is 35.4 Å². The minimum absolute atomic E-state index is 0.0471. The second-order valence-electron chi connectivity index (χ2n) is 27.8. The van der Waals surface area contributed by atoms with Crippen LogP contribution in [0, 0.1) is 12.7 Å². The van der Waals surface area contributed by atoms with Gasteiger partial charge in [-0.15, -0.1) is 11.3 Å². The number of nitrogens with zero attached hydrogens (tertiary/aromatic N) is 8. The normalized spacial score (nSPS) is 10.8. The number of unbranched alkanes of at least 4 members (excludes halogenated alkanes) is 1. The Balaban J connectivity index is 0.000000162. The summed E-state index contributed by atoms with van der Waals surface area (Å²) in [5, 5.41) is 27.8. The van der Waals surface area contributed by atoms with E-state index in [0.29, 0.717) is 51.1 Å². The summed E-state index contributed by atoms with van der Waals surface area (Å²) in [6, 6.07) is 96.4. The smallest absolute Gasteiger partial charge is 0.263 e.